The van der Waals surface area contributed by atoms with Crippen molar-refractivity contribution in [2.45, 2.75) is 19.4 Å². The van der Waals surface area contributed by atoms with E-state index in [1.165, 1.54) is 6.07 Å². The van der Waals surface area contributed by atoms with Crippen molar-refractivity contribution < 1.29 is 9.18 Å². The van der Waals surface area contributed by atoms with E-state index in [4.69, 9.17) is 5.73 Å². The number of carbonyl (C=O) groups is 1. The highest BCUT2D eigenvalue weighted by Crippen LogP contribution is 2.21. The fraction of sp³-hybridized carbons (Fsp3) is 0.235. The first-order chi connectivity index (χ1) is 9.59. The lowest BCUT2D eigenvalue weighted by Crippen LogP contribution is -2.27. The van der Waals surface area contributed by atoms with Gasteiger partial charge in [0.25, 0.3) is 0 Å². The van der Waals surface area contributed by atoms with Crippen molar-refractivity contribution >= 4 is 5.78 Å². The molecule has 20 heavy (non-hydrogen) atoms. The first-order valence-electron chi connectivity index (χ1n) is 6.66. The number of carbonyl (C=O) groups excluding carboxylic acids is 1. The summed E-state index contributed by atoms with van der Waals surface area (Å²) in [7, 11) is 0. The summed E-state index contributed by atoms with van der Waals surface area (Å²) in [6.45, 7) is 1.79. The number of nitrogens with two attached hydrogens (primary N) is 1. The molecule has 2 aromatic carbocycles. The van der Waals surface area contributed by atoms with Gasteiger partial charge in [0.1, 0.15) is 11.6 Å². The van der Waals surface area contributed by atoms with Crippen molar-refractivity contribution in [3.63, 3.8) is 0 Å². The molecule has 2 unspecified atom stereocenters. The first kappa shape index (κ1) is 14.4. The minimum absolute atomic E-state index is 0.0496. The number of rotatable bonds is 5. The average molecular weight is 271 g/mol. The summed E-state index contributed by atoms with van der Waals surface area (Å²) in [6.07, 6.45) is 0.0778. The Bertz CT molecular complexity index is 583. The zero-order valence-electron chi connectivity index (χ0n) is 11.4. The Morgan fingerprint density at radius 2 is 1.70 bits per heavy atom. The average Bonchev–Trinajstić information content (AvgIpc) is 2.49. The second-order valence-corrected chi connectivity index (χ2v) is 4.96. The van der Waals surface area contributed by atoms with Gasteiger partial charge in [-0.15, -0.1) is 0 Å². The number of benzene rings is 2. The standard InChI is InChI=1S/C17H18FNO/c1-12(17(19)13-7-3-2-4-8-13)16(20)11-14-9-5-6-10-15(14)18/h2-10,12,17H,11,19H2,1H3. The molecule has 0 aromatic heterocycles. The van der Waals surface area contributed by atoms with Crippen LogP contribution < -0.4 is 5.73 Å². The van der Waals surface area contributed by atoms with E-state index < -0.39 is 0 Å². The van der Waals surface area contributed by atoms with E-state index in [1.54, 1.807) is 25.1 Å². The van der Waals surface area contributed by atoms with Crippen LogP contribution in [0.25, 0.3) is 0 Å². The van der Waals surface area contributed by atoms with Crippen molar-refractivity contribution in [1.29, 1.82) is 0 Å². The molecule has 0 aliphatic rings. The molecule has 2 atom stereocenters. The third-order valence-electron chi connectivity index (χ3n) is 3.55. The Labute approximate surface area is 118 Å². The van der Waals surface area contributed by atoms with Crippen molar-refractivity contribution in [3.05, 3.63) is 71.5 Å². The quantitative estimate of drug-likeness (QED) is 0.907. The van der Waals surface area contributed by atoms with Crippen molar-refractivity contribution in [2.75, 3.05) is 0 Å². The van der Waals surface area contributed by atoms with Gasteiger partial charge in [0, 0.05) is 18.4 Å². The van der Waals surface area contributed by atoms with Crippen LogP contribution >= 0.6 is 0 Å². The van der Waals surface area contributed by atoms with Gasteiger partial charge in [-0.1, -0.05) is 55.5 Å². The second kappa shape index (κ2) is 6.44. The van der Waals surface area contributed by atoms with Crippen LogP contribution in [-0.4, -0.2) is 5.78 Å². The molecule has 0 saturated heterocycles. The summed E-state index contributed by atoms with van der Waals surface area (Å²) in [5, 5.41) is 0. The topological polar surface area (TPSA) is 43.1 Å². The number of Topliss-reactive ketones (excluding diaryl/α,β-unsaturated/α-hetero) is 1. The van der Waals surface area contributed by atoms with Gasteiger partial charge in [0.15, 0.2) is 0 Å². The monoisotopic (exact) mass is 271 g/mol. The van der Waals surface area contributed by atoms with E-state index in [-0.39, 0.29) is 30.0 Å². The fourth-order valence-corrected chi connectivity index (χ4v) is 2.15. The number of ketones is 1. The van der Waals surface area contributed by atoms with Crippen LogP contribution in [0.5, 0.6) is 0 Å². The summed E-state index contributed by atoms with van der Waals surface area (Å²) in [4.78, 5) is 12.2. The van der Waals surface area contributed by atoms with Gasteiger partial charge in [0.2, 0.25) is 0 Å². The fourth-order valence-electron chi connectivity index (χ4n) is 2.15. The summed E-state index contributed by atoms with van der Waals surface area (Å²) >= 11 is 0. The zero-order valence-corrected chi connectivity index (χ0v) is 11.4. The molecular formula is C17H18FNO. The van der Waals surface area contributed by atoms with Crippen molar-refractivity contribution in [1.82, 2.24) is 0 Å². The highest BCUT2D eigenvalue weighted by molar-refractivity contribution is 5.83. The second-order valence-electron chi connectivity index (χ2n) is 4.96. The molecule has 2 rings (SSSR count). The molecule has 0 amide bonds. The molecule has 3 heteroatoms. The first-order valence-corrected chi connectivity index (χ1v) is 6.66. The Kier molecular flexibility index (Phi) is 4.64. The molecular weight excluding hydrogens is 253 g/mol. The minimum atomic E-state index is -0.365. The molecule has 0 aliphatic heterocycles. The lowest BCUT2D eigenvalue weighted by atomic mass is 9.89. The molecule has 0 saturated carbocycles. The normalized spacial score (nSPS) is 13.8. The molecule has 2 aromatic rings. The molecule has 0 spiro atoms. The molecule has 104 valence electrons. The third-order valence-corrected chi connectivity index (χ3v) is 3.55. The van der Waals surface area contributed by atoms with E-state index in [0.29, 0.717) is 5.56 Å². The van der Waals surface area contributed by atoms with Gasteiger partial charge in [-0.25, -0.2) is 4.39 Å². The van der Waals surface area contributed by atoms with Gasteiger partial charge in [-0.05, 0) is 17.2 Å². The van der Waals surface area contributed by atoms with Crippen LogP contribution in [0.15, 0.2) is 54.6 Å². The summed E-state index contributed by atoms with van der Waals surface area (Å²) < 4.78 is 13.6. The molecule has 2 nitrogen and oxygen atoms in total. The molecule has 0 radical (unpaired) electrons. The minimum Gasteiger partial charge on any atom is -0.323 e. The molecule has 0 aliphatic carbocycles. The predicted molar refractivity (Wildman–Crippen MR) is 77.6 cm³/mol. The van der Waals surface area contributed by atoms with Gasteiger partial charge in [-0.2, -0.15) is 0 Å². The van der Waals surface area contributed by atoms with E-state index >= 15 is 0 Å². The maximum Gasteiger partial charge on any atom is 0.142 e. The summed E-state index contributed by atoms with van der Waals surface area (Å²) in [5.74, 6) is -0.746. The highest BCUT2D eigenvalue weighted by Gasteiger charge is 2.22. The van der Waals surface area contributed by atoms with Gasteiger partial charge in [-0.3, -0.25) is 4.79 Å². The molecule has 2 N–H and O–H groups in total. The highest BCUT2D eigenvalue weighted by atomic mass is 19.1. The van der Waals surface area contributed by atoms with Crippen LogP contribution in [0.4, 0.5) is 4.39 Å². The smallest absolute Gasteiger partial charge is 0.142 e. The molecule has 0 bridgehead atoms. The molecule has 0 fully saturated rings. The van der Waals surface area contributed by atoms with Crippen LogP contribution in [0, 0.1) is 11.7 Å². The zero-order chi connectivity index (χ0) is 14.5. The number of halogens is 1. The van der Waals surface area contributed by atoms with Crippen LogP contribution in [0.2, 0.25) is 0 Å². The number of hydrogen-bond acceptors (Lipinski definition) is 2. The third kappa shape index (κ3) is 3.31. The Hall–Kier alpha value is -2.00. The summed E-state index contributed by atoms with van der Waals surface area (Å²) in [5.41, 5.74) is 7.46. The number of hydrogen-bond donors (Lipinski definition) is 1. The van der Waals surface area contributed by atoms with Gasteiger partial charge >= 0.3 is 0 Å². The lowest BCUT2D eigenvalue weighted by molar-refractivity contribution is -0.122. The van der Waals surface area contributed by atoms with Crippen LogP contribution in [0.1, 0.15) is 24.1 Å². The van der Waals surface area contributed by atoms with Crippen molar-refractivity contribution in [2.24, 2.45) is 11.7 Å². The van der Waals surface area contributed by atoms with E-state index in [9.17, 15) is 9.18 Å². The van der Waals surface area contributed by atoms with Gasteiger partial charge in [0.05, 0.1) is 0 Å². The van der Waals surface area contributed by atoms with Gasteiger partial charge < -0.3 is 5.73 Å². The maximum atomic E-state index is 13.6. The Morgan fingerprint density at radius 1 is 1.10 bits per heavy atom. The predicted octanol–water partition coefficient (Wildman–Crippen LogP) is 3.27. The SMILES string of the molecule is CC(C(=O)Cc1ccccc1F)C(N)c1ccccc1. The van der Waals surface area contributed by atoms with Crippen LogP contribution in [0.3, 0.4) is 0 Å². The van der Waals surface area contributed by atoms with Crippen LogP contribution in [-0.2, 0) is 11.2 Å². The van der Waals surface area contributed by atoms with E-state index in [2.05, 4.69) is 0 Å². The van der Waals surface area contributed by atoms with Crippen molar-refractivity contribution in [3.8, 4) is 0 Å². The Balaban J connectivity index is 2.08. The summed E-state index contributed by atoms with van der Waals surface area (Å²) in [6, 6.07) is 15.5. The Morgan fingerprint density at radius 3 is 2.35 bits per heavy atom. The molecule has 0 heterocycles. The largest absolute Gasteiger partial charge is 0.323 e. The maximum absolute atomic E-state index is 13.6. The lowest BCUT2D eigenvalue weighted by Gasteiger charge is -2.19. The van der Waals surface area contributed by atoms with E-state index in [0.717, 1.165) is 5.56 Å². The van der Waals surface area contributed by atoms with E-state index in [1.807, 2.05) is 30.3 Å².